The molecule has 0 spiro atoms. The molecule has 0 aliphatic rings. The van der Waals surface area contributed by atoms with Gasteiger partial charge in [0.1, 0.15) is 17.1 Å². The molecule has 0 aliphatic carbocycles. The van der Waals surface area contributed by atoms with Crippen molar-refractivity contribution in [2.75, 3.05) is 13.7 Å². The Morgan fingerprint density at radius 3 is 2.68 bits per heavy atom. The Hall–Kier alpha value is -3.54. The van der Waals surface area contributed by atoms with Crippen molar-refractivity contribution in [1.29, 1.82) is 0 Å². The van der Waals surface area contributed by atoms with Gasteiger partial charge in [0.2, 0.25) is 0 Å². The van der Waals surface area contributed by atoms with E-state index in [2.05, 4.69) is 5.32 Å². The van der Waals surface area contributed by atoms with Crippen LogP contribution in [0, 0.1) is 0 Å². The lowest BCUT2D eigenvalue weighted by molar-refractivity contribution is -0.144. The van der Waals surface area contributed by atoms with Crippen LogP contribution in [0.25, 0.3) is 17.0 Å². The number of fused-ring (bicyclic) bond motifs is 1. The number of nitrogens with one attached hydrogen (secondary N) is 1. The van der Waals surface area contributed by atoms with Gasteiger partial charge in [0.15, 0.2) is 6.61 Å². The van der Waals surface area contributed by atoms with E-state index in [0.717, 1.165) is 16.5 Å². The van der Waals surface area contributed by atoms with Crippen LogP contribution in [0.5, 0.6) is 5.75 Å². The molecule has 6 nitrogen and oxygen atoms in total. The molecule has 0 aliphatic heterocycles. The summed E-state index contributed by atoms with van der Waals surface area (Å²) in [6.45, 7) is 1.43. The average molecular weight is 379 g/mol. The van der Waals surface area contributed by atoms with Gasteiger partial charge in [-0.05, 0) is 31.2 Å². The van der Waals surface area contributed by atoms with Gasteiger partial charge in [-0.1, -0.05) is 36.4 Å². The van der Waals surface area contributed by atoms with E-state index in [-0.39, 0.29) is 12.6 Å². The molecule has 144 valence electrons. The highest BCUT2D eigenvalue weighted by Crippen LogP contribution is 2.23. The number of benzene rings is 2. The van der Waals surface area contributed by atoms with Crippen LogP contribution in [0.2, 0.25) is 0 Å². The summed E-state index contributed by atoms with van der Waals surface area (Å²) >= 11 is 0. The van der Waals surface area contributed by atoms with Crippen molar-refractivity contribution in [1.82, 2.24) is 5.32 Å². The van der Waals surface area contributed by atoms with Crippen LogP contribution in [-0.2, 0) is 14.3 Å². The molecular formula is C22H21NO5. The van der Waals surface area contributed by atoms with Crippen molar-refractivity contribution < 1.29 is 23.5 Å². The van der Waals surface area contributed by atoms with Gasteiger partial charge in [-0.2, -0.15) is 0 Å². The molecule has 0 saturated carbocycles. The van der Waals surface area contributed by atoms with Crippen molar-refractivity contribution in [3.63, 3.8) is 0 Å². The number of para-hydroxylation sites is 2. The van der Waals surface area contributed by atoms with E-state index >= 15 is 0 Å². The molecule has 0 fully saturated rings. The van der Waals surface area contributed by atoms with Crippen molar-refractivity contribution in [2.24, 2.45) is 0 Å². The fraction of sp³-hybridized carbons (Fsp3) is 0.182. The fourth-order valence-corrected chi connectivity index (χ4v) is 2.72. The van der Waals surface area contributed by atoms with Crippen LogP contribution in [0.15, 0.2) is 65.1 Å². The van der Waals surface area contributed by atoms with Gasteiger partial charge in [0.05, 0.1) is 13.2 Å². The van der Waals surface area contributed by atoms with E-state index in [1.165, 1.54) is 6.08 Å². The minimum atomic E-state index is -0.613. The quantitative estimate of drug-likeness (QED) is 0.498. The maximum Gasteiger partial charge on any atom is 0.331 e. The van der Waals surface area contributed by atoms with Gasteiger partial charge in [-0.25, -0.2) is 4.79 Å². The molecule has 1 N–H and O–H groups in total. The van der Waals surface area contributed by atoms with Crippen LogP contribution in [0.3, 0.4) is 0 Å². The highest BCUT2D eigenvalue weighted by Gasteiger charge is 2.15. The molecule has 0 unspecified atom stereocenters. The fourth-order valence-electron chi connectivity index (χ4n) is 2.72. The molecule has 1 aromatic heterocycles. The number of ether oxygens (including phenoxy) is 2. The van der Waals surface area contributed by atoms with Gasteiger partial charge in [-0.3, -0.25) is 4.79 Å². The zero-order valence-electron chi connectivity index (χ0n) is 15.7. The monoisotopic (exact) mass is 379 g/mol. The maximum atomic E-state index is 12.0. The molecule has 1 atom stereocenters. The first-order valence-electron chi connectivity index (χ1n) is 8.82. The topological polar surface area (TPSA) is 77.8 Å². The third-order valence-corrected chi connectivity index (χ3v) is 4.13. The summed E-state index contributed by atoms with van der Waals surface area (Å²) in [7, 11) is 1.55. The van der Waals surface area contributed by atoms with Crippen LogP contribution < -0.4 is 10.1 Å². The van der Waals surface area contributed by atoms with Crippen molar-refractivity contribution in [2.45, 2.75) is 13.0 Å². The average Bonchev–Trinajstić information content (AvgIpc) is 3.15. The number of hydrogen-bond donors (Lipinski definition) is 1. The Balaban J connectivity index is 1.50. The first kappa shape index (κ1) is 19.2. The van der Waals surface area contributed by atoms with Gasteiger partial charge < -0.3 is 19.2 Å². The number of methoxy groups -OCH3 is 1. The summed E-state index contributed by atoms with van der Waals surface area (Å²) in [5.41, 5.74) is 1.50. The summed E-state index contributed by atoms with van der Waals surface area (Å²) in [6, 6.07) is 16.4. The van der Waals surface area contributed by atoms with Crippen LogP contribution >= 0.6 is 0 Å². The molecule has 2 aromatic carbocycles. The number of amides is 1. The number of furan rings is 1. The summed E-state index contributed by atoms with van der Waals surface area (Å²) < 4.78 is 15.9. The largest absolute Gasteiger partial charge is 0.496 e. The third-order valence-electron chi connectivity index (χ3n) is 4.13. The molecular weight excluding hydrogens is 358 g/mol. The smallest absolute Gasteiger partial charge is 0.331 e. The van der Waals surface area contributed by atoms with E-state index in [0.29, 0.717) is 11.5 Å². The molecule has 1 heterocycles. The van der Waals surface area contributed by atoms with Gasteiger partial charge >= 0.3 is 5.97 Å². The van der Waals surface area contributed by atoms with Crippen LogP contribution in [0.4, 0.5) is 0 Å². The summed E-state index contributed by atoms with van der Waals surface area (Å²) in [5, 5.41) is 3.71. The van der Waals surface area contributed by atoms with E-state index in [1.54, 1.807) is 26.2 Å². The second-order valence-corrected chi connectivity index (χ2v) is 6.16. The van der Waals surface area contributed by atoms with Crippen LogP contribution in [-0.4, -0.2) is 25.6 Å². The molecule has 0 radical (unpaired) electrons. The number of carbonyl (C=O) groups excluding carboxylic acids is 2. The SMILES string of the molecule is COc1ccccc1/C=C/C(=O)OCC(=O)N[C@H](C)c1cc2ccccc2o1. The Bertz CT molecular complexity index is 972. The van der Waals surface area contributed by atoms with Gasteiger partial charge in [-0.15, -0.1) is 0 Å². The Kier molecular flexibility index (Phi) is 6.11. The Morgan fingerprint density at radius 2 is 1.89 bits per heavy atom. The minimum absolute atomic E-state index is 0.345. The lowest BCUT2D eigenvalue weighted by Gasteiger charge is -2.11. The second-order valence-electron chi connectivity index (χ2n) is 6.16. The van der Waals surface area contributed by atoms with Gasteiger partial charge in [0, 0.05) is 17.0 Å². The predicted octanol–water partition coefficient (Wildman–Crippen LogP) is 3.88. The summed E-state index contributed by atoms with van der Waals surface area (Å²) in [4.78, 5) is 23.9. The van der Waals surface area contributed by atoms with E-state index in [4.69, 9.17) is 13.9 Å². The lowest BCUT2D eigenvalue weighted by Crippen LogP contribution is -2.30. The molecule has 6 heteroatoms. The third kappa shape index (κ3) is 4.79. The number of carbonyl (C=O) groups is 2. The van der Waals surface area contributed by atoms with E-state index < -0.39 is 11.9 Å². The molecule has 0 bridgehead atoms. The zero-order chi connectivity index (χ0) is 19.9. The predicted molar refractivity (Wildman–Crippen MR) is 106 cm³/mol. The number of hydrogen-bond acceptors (Lipinski definition) is 5. The van der Waals surface area contributed by atoms with Crippen LogP contribution in [0.1, 0.15) is 24.3 Å². The zero-order valence-corrected chi connectivity index (χ0v) is 15.7. The number of esters is 1. The first-order valence-corrected chi connectivity index (χ1v) is 8.82. The Morgan fingerprint density at radius 1 is 1.14 bits per heavy atom. The lowest BCUT2D eigenvalue weighted by atomic mass is 10.2. The van der Waals surface area contributed by atoms with E-state index in [1.807, 2.05) is 48.5 Å². The first-order chi connectivity index (χ1) is 13.6. The van der Waals surface area contributed by atoms with Crippen molar-refractivity contribution >= 4 is 28.9 Å². The van der Waals surface area contributed by atoms with Crippen molar-refractivity contribution in [3.05, 3.63) is 72.0 Å². The maximum absolute atomic E-state index is 12.0. The highest BCUT2D eigenvalue weighted by atomic mass is 16.5. The minimum Gasteiger partial charge on any atom is -0.496 e. The van der Waals surface area contributed by atoms with Gasteiger partial charge in [0.25, 0.3) is 5.91 Å². The summed E-state index contributed by atoms with van der Waals surface area (Å²) in [6.07, 6.45) is 2.84. The van der Waals surface area contributed by atoms with E-state index in [9.17, 15) is 9.59 Å². The number of rotatable bonds is 7. The van der Waals surface area contributed by atoms with Crippen molar-refractivity contribution in [3.8, 4) is 5.75 Å². The molecule has 3 rings (SSSR count). The summed E-state index contributed by atoms with van der Waals surface area (Å²) in [5.74, 6) is 0.255. The second kappa shape index (κ2) is 8.90. The molecule has 28 heavy (non-hydrogen) atoms. The molecule has 1 amide bonds. The molecule has 3 aromatic rings. The Labute approximate surface area is 162 Å². The molecule has 0 saturated heterocycles. The normalized spacial score (nSPS) is 12.1. The standard InChI is InChI=1S/C22H21NO5/c1-15(20-13-17-8-4-6-10-19(17)28-20)23-21(24)14-27-22(25)12-11-16-7-3-5-9-18(16)26-2/h3-13,15H,14H2,1-2H3,(H,23,24)/b12-11+/t15-/m1/s1. The highest BCUT2D eigenvalue weighted by molar-refractivity contribution is 5.89.